The van der Waals surface area contributed by atoms with Crippen LogP contribution in [0.25, 0.3) is 0 Å². The second kappa shape index (κ2) is 9.20. The van der Waals surface area contributed by atoms with Gasteiger partial charge in [0.15, 0.2) is 9.84 Å². The molecule has 11 heteroatoms. The second-order valence-electron chi connectivity index (χ2n) is 6.35. The van der Waals surface area contributed by atoms with Crippen LogP contribution in [0.5, 0.6) is 0 Å². The number of nitrogens with zero attached hydrogens (tertiary/aromatic N) is 2. The molecule has 2 aromatic rings. The summed E-state index contributed by atoms with van der Waals surface area (Å²) in [6, 6.07) is 4.90. The van der Waals surface area contributed by atoms with E-state index in [4.69, 9.17) is 0 Å². The summed E-state index contributed by atoms with van der Waals surface area (Å²) in [5, 5.41) is 12.1. The summed E-state index contributed by atoms with van der Waals surface area (Å²) in [6.45, 7) is 5.38. The molecule has 0 radical (unpaired) electrons. The number of hydrogen-bond donors (Lipinski definition) is 2. The lowest BCUT2D eigenvalue weighted by molar-refractivity contribution is -0.115. The van der Waals surface area contributed by atoms with Crippen molar-refractivity contribution in [2.75, 3.05) is 16.4 Å². The fourth-order valence-corrected chi connectivity index (χ4v) is 4.60. The highest BCUT2D eigenvalue weighted by Crippen LogP contribution is 2.23. The molecule has 0 aliphatic carbocycles. The number of carbonyl (C=O) groups is 2. The highest BCUT2D eigenvalue weighted by molar-refractivity contribution is 7.93. The van der Waals surface area contributed by atoms with E-state index in [1.54, 1.807) is 6.92 Å². The molecule has 0 saturated heterocycles. The Morgan fingerprint density at radius 1 is 1.14 bits per heavy atom. The maximum atomic E-state index is 12.9. The maximum absolute atomic E-state index is 12.9. The summed E-state index contributed by atoms with van der Waals surface area (Å²) in [5.74, 6) is -2.79. The van der Waals surface area contributed by atoms with Crippen LogP contribution in [0.15, 0.2) is 24.3 Å². The van der Waals surface area contributed by atoms with Gasteiger partial charge in [-0.05, 0) is 30.7 Å². The second-order valence-corrected chi connectivity index (χ2v) is 9.54. The fraction of sp³-hybridized carbons (Fsp3) is 0.412. The summed E-state index contributed by atoms with van der Waals surface area (Å²) in [5.41, 5.74) is 0.258. The average Bonchev–Trinajstić information content (AvgIpc) is 3.05. The van der Waals surface area contributed by atoms with Crippen LogP contribution in [0, 0.1) is 5.82 Å². The lowest BCUT2D eigenvalue weighted by Gasteiger charge is -2.14. The third-order valence-electron chi connectivity index (χ3n) is 3.72. The van der Waals surface area contributed by atoms with Crippen LogP contribution in [0.3, 0.4) is 0 Å². The van der Waals surface area contributed by atoms with Crippen molar-refractivity contribution in [3.05, 3.63) is 35.1 Å². The van der Waals surface area contributed by atoms with Crippen LogP contribution < -0.4 is 10.6 Å². The Balaban J connectivity index is 2.04. The Labute approximate surface area is 166 Å². The number of rotatable bonds is 8. The molecule has 0 aliphatic heterocycles. The Morgan fingerprint density at radius 3 is 2.32 bits per heavy atom. The van der Waals surface area contributed by atoms with Gasteiger partial charge in [-0.15, -0.1) is 10.2 Å². The number of anilines is 2. The molecular weight excluding hydrogens is 407 g/mol. The molecule has 0 aliphatic rings. The molecule has 1 aromatic heterocycles. The molecule has 2 N–H and O–H groups in total. The number of hydrogen-bond acceptors (Lipinski definition) is 7. The van der Waals surface area contributed by atoms with Crippen LogP contribution in [-0.4, -0.2) is 41.4 Å². The van der Waals surface area contributed by atoms with Gasteiger partial charge in [0.1, 0.15) is 21.8 Å². The van der Waals surface area contributed by atoms with Gasteiger partial charge in [-0.3, -0.25) is 14.9 Å². The zero-order valence-corrected chi connectivity index (χ0v) is 17.2. The van der Waals surface area contributed by atoms with E-state index in [2.05, 4.69) is 20.8 Å². The number of aromatic nitrogens is 2. The van der Waals surface area contributed by atoms with Gasteiger partial charge in [-0.2, -0.15) is 0 Å². The van der Waals surface area contributed by atoms with E-state index < -0.39 is 38.5 Å². The van der Waals surface area contributed by atoms with Gasteiger partial charge in [0.2, 0.25) is 16.9 Å². The number of amides is 2. The minimum atomic E-state index is -4.07. The molecule has 1 unspecified atom stereocenters. The summed E-state index contributed by atoms with van der Waals surface area (Å²) in [6.07, 6.45) is -0.00611. The quantitative estimate of drug-likeness (QED) is 0.667. The number of sulfone groups is 1. The summed E-state index contributed by atoms with van der Waals surface area (Å²) >= 11 is 1.17. The molecule has 28 heavy (non-hydrogen) atoms. The van der Waals surface area contributed by atoms with Crippen LogP contribution in [0.2, 0.25) is 0 Å². The molecule has 0 bridgehead atoms. The van der Waals surface area contributed by atoms with E-state index in [0.717, 1.165) is 12.1 Å². The van der Waals surface area contributed by atoms with E-state index in [9.17, 15) is 22.4 Å². The highest BCUT2D eigenvalue weighted by atomic mass is 32.2. The van der Waals surface area contributed by atoms with E-state index in [0.29, 0.717) is 5.01 Å². The van der Waals surface area contributed by atoms with Gasteiger partial charge in [0, 0.05) is 11.6 Å². The van der Waals surface area contributed by atoms with Crippen molar-refractivity contribution in [2.24, 2.45) is 0 Å². The molecule has 8 nitrogen and oxygen atoms in total. The van der Waals surface area contributed by atoms with Crippen molar-refractivity contribution in [1.29, 1.82) is 0 Å². The standard InChI is InChI=1S/C17H21FN4O4S2/c1-4-13(15(24)20-17-22-21-16(27-17)10(2)3)28(25,26)9-14(23)19-12-7-5-11(18)6-8-12/h5-8,10,13H,4,9H2,1-3H3,(H,19,23)(H,20,22,24). The smallest absolute Gasteiger partial charge is 0.244 e. The maximum Gasteiger partial charge on any atom is 0.244 e. The minimum absolute atomic E-state index is 0.00611. The lowest BCUT2D eigenvalue weighted by Crippen LogP contribution is -2.39. The summed E-state index contributed by atoms with van der Waals surface area (Å²) < 4.78 is 38.0. The molecule has 0 saturated carbocycles. The van der Waals surface area contributed by atoms with Crippen molar-refractivity contribution in [1.82, 2.24) is 10.2 Å². The van der Waals surface area contributed by atoms with Gasteiger partial charge in [0.25, 0.3) is 0 Å². The molecule has 152 valence electrons. The number of nitrogens with one attached hydrogen (secondary N) is 2. The van der Waals surface area contributed by atoms with Crippen molar-refractivity contribution < 1.29 is 22.4 Å². The first-order valence-electron chi connectivity index (χ1n) is 8.53. The minimum Gasteiger partial charge on any atom is -0.325 e. The number of benzene rings is 1. The van der Waals surface area contributed by atoms with Crippen LogP contribution >= 0.6 is 11.3 Å². The van der Waals surface area contributed by atoms with Gasteiger partial charge in [0.05, 0.1) is 0 Å². The van der Waals surface area contributed by atoms with Gasteiger partial charge < -0.3 is 5.32 Å². The van der Waals surface area contributed by atoms with Crippen molar-refractivity contribution in [3.63, 3.8) is 0 Å². The van der Waals surface area contributed by atoms with Crippen LogP contribution in [0.1, 0.15) is 38.1 Å². The molecule has 2 rings (SSSR count). The van der Waals surface area contributed by atoms with E-state index in [-0.39, 0.29) is 23.2 Å². The predicted molar refractivity (Wildman–Crippen MR) is 106 cm³/mol. The van der Waals surface area contributed by atoms with Crippen LogP contribution in [0.4, 0.5) is 15.2 Å². The predicted octanol–water partition coefficient (Wildman–Crippen LogP) is 2.57. The van der Waals surface area contributed by atoms with Crippen molar-refractivity contribution in [3.8, 4) is 0 Å². The molecule has 1 aromatic carbocycles. The Morgan fingerprint density at radius 2 is 1.79 bits per heavy atom. The van der Waals surface area contributed by atoms with Gasteiger partial charge in [-0.1, -0.05) is 32.1 Å². The zero-order chi connectivity index (χ0) is 20.9. The Hall–Kier alpha value is -2.40. The number of carbonyl (C=O) groups excluding carboxylic acids is 2. The molecule has 1 atom stereocenters. The molecule has 1 heterocycles. The summed E-state index contributed by atoms with van der Waals surface area (Å²) in [7, 11) is -4.07. The van der Waals surface area contributed by atoms with Crippen molar-refractivity contribution >= 4 is 43.8 Å². The third kappa shape index (κ3) is 5.80. The first-order valence-corrected chi connectivity index (χ1v) is 11.1. The molecule has 2 amide bonds. The average molecular weight is 429 g/mol. The first-order chi connectivity index (χ1) is 13.1. The SMILES string of the molecule is CCC(C(=O)Nc1nnc(C(C)C)s1)S(=O)(=O)CC(=O)Nc1ccc(F)cc1. The number of halogens is 1. The summed E-state index contributed by atoms with van der Waals surface area (Å²) in [4.78, 5) is 24.5. The van der Waals surface area contributed by atoms with E-state index in [1.165, 1.54) is 23.5 Å². The fourth-order valence-electron chi connectivity index (χ4n) is 2.32. The largest absolute Gasteiger partial charge is 0.325 e. The monoisotopic (exact) mass is 428 g/mol. The topological polar surface area (TPSA) is 118 Å². The normalized spacial score (nSPS) is 12.6. The Bertz CT molecular complexity index is 942. The van der Waals surface area contributed by atoms with E-state index >= 15 is 0 Å². The molecular formula is C17H21FN4O4S2. The van der Waals surface area contributed by atoms with Crippen molar-refractivity contribution in [2.45, 2.75) is 38.4 Å². The highest BCUT2D eigenvalue weighted by Gasteiger charge is 2.33. The Kier molecular flexibility index (Phi) is 7.19. The van der Waals surface area contributed by atoms with Gasteiger partial charge >= 0.3 is 0 Å². The molecule has 0 spiro atoms. The lowest BCUT2D eigenvalue weighted by atomic mass is 10.2. The zero-order valence-electron chi connectivity index (χ0n) is 15.6. The molecule has 0 fully saturated rings. The third-order valence-corrected chi connectivity index (χ3v) is 6.94. The first kappa shape index (κ1) is 21.9. The van der Waals surface area contributed by atoms with Crippen LogP contribution in [-0.2, 0) is 19.4 Å². The van der Waals surface area contributed by atoms with E-state index in [1.807, 2.05) is 13.8 Å². The van der Waals surface area contributed by atoms with Gasteiger partial charge in [-0.25, -0.2) is 12.8 Å².